The van der Waals surface area contributed by atoms with Crippen LogP contribution in [0.3, 0.4) is 0 Å². The molecule has 1 aromatic carbocycles. The minimum absolute atomic E-state index is 0.264. The molecule has 0 saturated carbocycles. The molecule has 2 rings (SSSR count). The van der Waals surface area contributed by atoms with Gasteiger partial charge in [-0.15, -0.1) is 0 Å². The molecule has 0 spiro atoms. The van der Waals surface area contributed by atoms with Crippen LogP contribution in [0.5, 0.6) is 11.5 Å². The molecule has 0 bridgehead atoms. The number of methoxy groups -OCH3 is 1. The molecule has 1 amide bonds. The normalized spacial score (nSPS) is 10.1. The van der Waals surface area contributed by atoms with Crippen LogP contribution in [-0.2, 0) is 0 Å². The number of hydrogen-bond acceptors (Lipinski definition) is 5. The summed E-state index contributed by atoms with van der Waals surface area (Å²) < 4.78 is 15.5. The van der Waals surface area contributed by atoms with Crippen LogP contribution < -0.4 is 14.8 Å². The van der Waals surface area contributed by atoms with Gasteiger partial charge < -0.3 is 19.3 Å². The Morgan fingerprint density at radius 3 is 2.75 bits per heavy atom. The lowest BCUT2D eigenvalue weighted by Gasteiger charge is -2.10. The number of carbonyl (C=O) groups excluding carboxylic acids is 1. The van der Waals surface area contributed by atoms with Crippen molar-refractivity contribution in [1.29, 1.82) is 0 Å². The monoisotopic (exact) mass is 276 g/mol. The number of para-hydroxylation sites is 2. The van der Waals surface area contributed by atoms with Crippen molar-refractivity contribution < 1.29 is 18.8 Å². The van der Waals surface area contributed by atoms with Gasteiger partial charge in [-0.05, 0) is 19.1 Å². The minimum Gasteiger partial charge on any atom is -0.493 e. The molecular formula is C14H16N2O4. The largest absolute Gasteiger partial charge is 0.493 e. The van der Waals surface area contributed by atoms with E-state index in [1.165, 1.54) is 0 Å². The van der Waals surface area contributed by atoms with Gasteiger partial charge >= 0.3 is 0 Å². The summed E-state index contributed by atoms with van der Waals surface area (Å²) in [5, 5.41) is 6.32. The number of nitrogens with zero attached hydrogens (tertiary/aromatic N) is 1. The molecule has 0 radical (unpaired) electrons. The van der Waals surface area contributed by atoms with E-state index in [0.717, 1.165) is 0 Å². The summed E-state index contributed by atoms with van der Waals surface area (Å²) >= 11 is 0. The topological polar surface area (TPSA) is 73.6 Å². The Kier molecular flexibility index (Phi) is 4.60. The van der Waals surface area contributed by atoms with Crippen LogP contribution in [0.15, 0.2) is 34.9 Å². The first-order valence-corrected chi connectivity index (χ1v) is 6.18. The van der Waals surface area contributed by atoms with E-state index in [-0.39, 0.29) is 11.6 Å². The van der Waals surface area contributed by atoms with Gasteiger partial charge in [0.15, 0.2) is 17.2 Å². The number of hydrogen-bond donors (Lipinski definition) is 1. The Morgan fingerprint density at radius 1 is 1.35 bits per heavy atom. The Hall–Kier alpha value is -2.50. The van der Waals surface area contributed by atoms with Gasteiger partial charge in [-0.1, -0.05) is 17.3 Å². The second kappa shape index (κ2) is 6.60. The number of carbonyl (C=O) groups is 1. The maximum Gasteiger partial charge on any atom is 0.273 e. The highest BCUT2D eigenvalue weighted by atomic mass is 16.5. The van der Waals surface area contributed by atoms with Crippen molar-refractivity contribution in [2.24, 2.45) is 0 Å². The molecule has 6 heteroatoms. The lowest BCUT2D eigenvalue weighted by molar-refractivity contribution is 0.0937. The summed E-state index contributed by atoms with van der Waals surface area (Å²) in [5.74, 6) is 1.61. The zero-order valence-electron chi connectivity index (χ0n) is 11.4. The van der Waals surface area contributed by atoms with Crippen LogP contribution in [-0.4, -0.2) is 31.3 Å². The van der Waals surface area contributed by atoms with Crippen LogP contribution in [0, 0.1) is 6.92 Å². The van der Waals surface area contributed by atoms with Crippen LogP contribution in [0.2, 0.25) is 0 Å². The van der Waals surface area contributed by atoms with E-state index < -0.39 is 0 Å². The fourth-order valence-electron chi connectivity index (χ4n) is 1.63. The standard InChI is InChI=1S/C14H16N2O4/c1-10-9-11(16-20-10)14(17)15-7-8-19-13-6-4-3-5-12(13)18-2/h3-6,9H,7-8H2,1-2H3,(H,15,17). The molecule has 0 aliphatic heterocycles. The van der Waals surface area contributed by atoms with Gasteiger partial charge in [0.1, 0.15) is 12.4 Å². The number of aryl methyl sites for hydroxylation is 1. The first-order valence-electron chi connectivity index (χ1n) is 6.18. The summed E-state index contributed by atoms with van der Waals surface area (Å²) in [7, 11) is 1.58. The highest BCUT2D eigenvalue weighted by Gasteiger charge is 2.10. The molecule has 1 N–H and O–H groups in total. The Labute approximate surface area is 116 Å². The molecule has 0 saturated heterocycles. The molecule has 6 nitrogen and oxygen atoms in total. The minimum atomic E-state index is -0.287. The Balaban J connectivity index is 1.78. The fraction of sp³-hybridized carbons (Fsp3) is 0.286. The quantitative estimate of drug-likeness (QED) is 0.814. The Bertz CT molecular complexity index is 580. The van der Waals surface area contributed by atoms with Gasteiger partial charge in [-0.2, -0.15) is 0 Å². The summed E-state index contributed by atoms with van der Waals surface area (Å²) in [4.78, 5) is 11.7. The van der Waals surface area contributed by atoms with Gasteiger partial charge in [0, 0.05) is 6.07 Å². The van der Waals surface area contributed by atoms with Crippen LogP contribution in [0.1, 0.15) is 16.2 Å². The van der Waals surface area contributed by atoms with Gasteiger partial charge in [0.25, 0.3) is 5.91 Å². The molecule has 20 heavy (non-hydrogen) atoms. The van der Waals surface area contributed by atoms with Crippen molar-refractivity contribution in [3.8, 4) is 11.5 Å². The van der Waals surface area contributed by atoms with E-state index in [9.17, 15) is 4.79 Å². The number of ether oxygens (including phenoxy) is 2. The SMILES string of the molecule is COc1ccccc1OCCNC(=O)c1cc(C)on1. The third-order valence-electron chi connectivity index (χ3n) is 2.57. The maximum atomic E-state index is 11.7. The van der Waals surface area contributed by atoms with E-state index >= 15 is 0 Å². The van der Waals surface area contributed by atoms with Gasteiger partial charge in [0.2, 0.25) is 0 Å². The van der Waals surface area contributed by atoms with Crippen molar-refractivity contribution in [3.05, 3.63) is 41.8 Å². The molecule has 0 unspecified atom stereocenters. The van der Waals surface area contributed by atoms with Crippen molar-refractivity contribution >= 4 is 5.91 Å². The van der Waals surface area contributed by atoms with E-state index in [1.807, 2.05) is 24.3 Å². The molecule has 1 aromatic heterocycles. The molecular weight excluding hydrogens is 260 g/mol. The molecule has 0 atom stereocenters. The average Bonchev–Trinajstić information content (AvgIpc) is 2.90. The van der Waals surface area contributed by atoms with E-state index in [1.54, 1.807) is 20.1 Å². The second-order valence-electron chi connectivity index (χ2n) is 4.08. The fourth-order valence-corrected chi connectivity index (χ4v) is 1.63. The zero-order valence-corrected chi connectivity index (χ0v) is 11.4. The van der Waals surface area contributed by atoms with Gasteiger partial charge in [-0.3, -0.25) is 4.79 Å². The van der Waals surface area contributed by atoms with Crippen LogP contribution in [0.25, 0.3) is 0 Å². The molecule has 0 fully saturated rings. The van der Waals surface area contributed by atoms with Crippen molar-refractivity contribution in [2.75, 3.05) is 20.3 Å². The maximum absolute atomic E-state index is 11.7. The zero-order chi connectivity index (χ0) is 14.4. The molecule has 0 aliphatic carbocycles. The number of aromatic nitrogens is 1. The summed E-state index contributed by atoms with van der Waals surface area (Å²) in [5.41, 5.74) is 0.264. The first-order chi connectivity index (χ1) is 9.70. The molecule has 106 valence electrons. The average molecular weight is 276 g/mol. The molecule has 2 aromatic rings. The highest BCUT2D eigenvalue weighted by molar-refractivity contribution is 5.92. The van der Waals surface area contributed by atoms with Crippen LogP contribution in [0.4, 0.5) is 0 Å². The van der Waals surface area contributed by atoms with Crippen molar-refractivity contribution in [2.45, 2.75) is 6.92 Å². The smallest absolute Gasteiger partial charge is 0.273 e. The summed E-state index contributed by atoms with van der Waals surface area (Å²) in [6.45, 7) is 2.43. The van der Waals surface area contributed by atoms with Crippen LogP contribution >= 0.6 is 0 Å². The predicted octanol–water partition coefficient (Wildman–Crippen LogP) is 1.80. The highest BCUT2D eigenvalue weighted by Crippen LogP contribution is 2.25. The summed E-state index contributed by atoms with van der Waals surface area (Å²) in [6.07, 6.45) is 0. The van der Waals surface area contributed by atoms with E-state index in [0.29, 0.717) is 30.4 Å². The van der Waals surface area contributed by atoms with Crippen molar-refractivity contribution in [3.63, 3.8) is 0 Å². The van der Waals surface area contributed by atoms with E-state index in [4.69, 9.17) is 14.0 Å². The van der Waals surface area contributed by atoms with Gasteiger partial charge in [-0.25, -0.2) is 0 Å². The second-order valence-corrected chi connectivity index (χ2v) is 4.08. The molecule has 1 heterocycles. The number of amides is 1. The number of nitrogens with one attached hydrogen (secondary N) is 1. The number of rotatable bonds is 6. The van der Waals surface area contributed by atoms with Crippen molar-refractivity contribution in [1.82, 2.24) is 10.5 Å². The predicted molar refractivity (Wildman–Crippen MR) is 72.1 cm³/mol. The summed E-state index contributed by atoms with van der Waals surface area (Å²) in [6, 6.07) is 8.92. The third kappa shape index (κ3) is 3.50. The lowest BCUT2D eigenvalue weighted by atomic mass is 10.3. The van der Waals surface area contributed by atoms with E-state index in [2.05, 4.69) is 10.5 Å². The number of benzene rings is 1. The third-order valence-corrected chi connectivity index (χ3v) is 2.57. The molecule has 0 aliphatic rings. The first kappa shape index (κ1) is 13.9. The Morgan fingerprint density at radius 2 is 2.10 bits per heavy atom. The van der Waals surface area contributed by atoms with Gasteiger partial charge in [0.05, 0.1) is 13.7 Å². The lowest BCUT2D eigenvalue weighted by Crippen LogP contribution is -2.28.